The lowest BCUT2D eigenvalue weighted by atomic mass is 10.2. The van der Waals surface area contributed by atoms with Crippen LogP contribution in [0, 0.1) is 13.8 Å². The van der Waals surface area contributed by atoms with E-state index in [1.807, 2.05) is 6.07 Å². The van der Waals surface area contributed by atoms with Crippen LogP contribution in [0.5, 0.6) is 11.8 Å². The molecule has 2 aromatic carbocycles. The molecule has 0 spiro atoms. The first-order valence-electron chi connectivity index (χ1n) is 8.34. The van der Waals surface area contributed by atoms with Gasteiger partial charge in [-0.2, -0.15) is 23.1 Å². The minimum Gasteiger partial charge on any atom is -0.424 e. The number of rotatable bonds is 5. The molecule has 6 nitrogen and oxygen atoms in total. The van der Waals surface area contributed by atoms with Crippen molar-refractivity contribution in [1.82, 2.24) is 9.97 Å². The summed E-state index contributed by atoms with van der Waals surface area (Å²) < 4.78 is 71.0. The highest BCUT2D eigenvalue weighted by Gasteiger charge is 2.30. The van der Waals surface area contributed by atoms with Crippen molar-refractivity contribution in [2.24, 2.45) is 0 Å². The number of para-hydroxylation sites is 1. The number of alkyl halides is 3. The molecule has 1 heterocycles. The Bertz CT molecular complexity index is 1090. The van der Waals surface area contributed by atoms with Crippen LogP contribution in [0.1, 0.15) is 17.0 Å². The summed E-state index contributed by atoms with van der Waals surface area (Å²) in [4.78, 5) is 7.98. The molecule has 152 valence electrons. The zero-order valence-corrected chi connectivity index (χ0v) is 16.2. The summed E-state index contributed by atoms with van der Waals surface area (Å²) in [5.41, 5.74) is -0.197. The molecule has 0 saturated carbocycles. The number of anilines is 1. The summed E-state index contributed by atoms with van der Waals surface area (Å²) in [6, 6.07) is 12.1. The SMILES string of the molecule is Cc1nc(Oc2ccccc2)nc(C)c1NS(=O)(=O)c1ccc(C(F)(F)F)cc1. The largest absolute Gasteiger partial charge is 0.424 e. The molecule has 0 amide bonds. The average molecular weight is 423 g/mol. The molecule has 0 aliphatic carbocycles. The molecule has 0 bridgehead atoms. The maximum Gasteiger partial charge on any atom is 0.416 e. The van der Waals surface area contributed by atoms with E-state index in [9.17, 15) is 21.6 Å². The zero-order chi connectivity index (χ0) is 21.2. The molecule has 0 unspecified atom stereocenters. The second kappa shape index (κ2) is 7.70. The maximum atomic E-state index is 12.7. The van der Waals surface area contributed by atoms with Crippen molar-refractivity contribution in [3.05, 3.63) is 71.5 Å². The number of benzene rings is 2. The number of nitrogens with zero attached hydrogens (tertiary/aromatic N) is 2. The molecular formula is C19H16F3N3O3S. The van der Waals surface area contributed by atoms with Gasteiger partial charge in [-0.15, -0.1) is 0 Å². The van der Waals surface area contributed by atoms with Gasteiger partial charge in [-0.25, -0.2) is 8.42 Å². The van der Waals surface area contributed by atoms with E-state index in [2.05, 4.69) is 14.7 Å². The Balaban J connectivity index is 1.85. The molecule has 1 N–H and O–H groups in total. The van der Waals surface area contributed by atoms with Crippen LogP contribution in [0.15, 0.2) is 59.5 Å². The van der Waals surface area contributed by atoms with Gasteiger partial charge in [0.2, 0.25) is 0 Å². The topological polar surface area (TPSA) is 81.2 Å². The standard InChI is InChI=1S/C19H16F3N3O3S/c1-12-17(13(2)24-18(23-12)28-15-6-4-3-5-7-15)25-29(26,27)16-10-8-14(9-11-16)19(20,21)22/h3-11,25H,1-2H3. The van der Waals surface area contributed by atoms with Gasteiger partial charge in [-0.1, -0.05) is 18.2 Å². The Morgan fingerprint density at radius 1 is 0.897 bits per heavy atom. The normalized spacial score (nSPS) is 11.9. The maximum absolute atomic E-state index is 12.7. The van der Waals surface area contributed by atoms with Crippen molar-refractivity contribution in [3.63, 3.8) is 0 Å². The highest BCUT2D eigenvalue weighted by molar-refractivity contribution is 7.92. The summed E-state index contributed by atoms with van der Waals surface area (Å²) in [6.45, 7) is 3.13. The smallest absolute Gasteiger partial charge is 0.416 e. The van der Waals surface area contributed by atoms with Gasteiger partial charge in [0.05, 0.1) is 27.5 Å². The van der Waals surface area contributed by atoms with Gasteiger partial charge in [0.15, 0.2) is 0 Å². The molecule has 3 aromatic rings. The molecule has 0 saturated heterocycles. The lowest BCUT2D eigenvalue weighted by Gasteiger charge is -2.14. The van der Waals surface area contributed by atoms with Crippen molar-refractivity contribution in [3.8, 4) is 11.8 Å². The Morgan fingerprint density at radius 2 is 1.45 bits per heavy atom. The first-order chi connectivity index (χ1) is 13.6. The highest BCUT2D eigenvalue weighted by Crippen LogP contribution is 2.30. The van der Waals surface area contributed by atoms with Crippen molar-refractivity contribution in [1.29, 1.82) is 0 Å². The fourth-order valence-corrected chi connectivity index (χ4v) is 3.67. The molecular weight excluding hydrogens is 407 g/mol. The Morgan fingerprint density at radius 3 is 1.97 bits per heavy atom. The van der Waals surface area contributed by atoms with Gasteiger partial charge < -0.3 is 4.74 Å². The predicted molar refractivity (Wildman–Crippen MR) is 100 cm³/mol. The van der Waals surface area contributed by atoms with Gasteiger partial charge in [0.1, 0.15) is 5.75 Å². The van der Waals surface area contributed by atoms with Crippen LogP contribution in [0.2, 0.25) is 0 Å². The third-order valence-corrected chi connectivity index (χ3v) is 5.30. The third-order valence-electron chi connectivity index (χ3n) is 3.93. The number of sulfonamides is 1. The van der Waals surface area contributed by atoms with E-state index in [1.54, 1.807) is 38.1 Å². The Kier molecular flexibility index (Phi) is 5.47. The van der Waals surface area contributed by atoms with Crippen LogP contribution in [-0.2, 0) is 16.2 Å². The molecule has 1 aromatic heterocycles. The van der Waals surface area contributed by atoms with Crippen molar-refractivity contribution in [2.45, 2.75) is 24.9 Å². The fourth-order valence-electron chi connectivity index (χ4n) is 2.49. The van der Waals surface area contributed by atoms with Crippen LogP contribution in [-0.4, -0.2) is 18.4 Å². The number of ether oxygens (including phenoxy) is 1. The molecule has 0 fully saturated rings. The lowest BCUT2D eigenvalue weighted by Crippen LogP contribution is -2.16. The van der Waals surface area contributed by atoms with E-state index in [0.29, 0.717) is 29.3 Å². The van der Waals surface area contributed by atoms with E-state index in [1.165, 1.54) is 0 Å². The zero-order valence-electron chi connectivity index (χ0n) is 15.4. The van der Waals surface area contributed by atoms with Gasteiger partial charge >= 0.3 is 12.2 Å². The number of halogens is 3. The predicted octanol–water partition coefficient (Wildman–Crippen LogP) is 4.71. The summed E-state index contributed by atoms with van der Waals surface area (Å²) in [5, 5.41) is 0. The average Bonchev–Trinajstić information content (AvgIpc) is 2.65. The van der Waals surface area contributed by atoms with Gasteiger partial charge in [-0.3, -0.25) is 4.72 Å². The summed E-state index contributed by atoms with van der Waals surface area (Å²) in [7, 11) is -4.13. The van der Waals surface area contributed by atoms with Crippen LogP contribution >= 0.6 is 0 Å². The minimum atomic E-state index is -4.55. The first-order valence-corrected chi connectivity index (χ1v) is 9.83. The number of nitrogens with one attached hydrogen (secondary N) is 1. The highest BCUT2D eigenvalue weighted by atomic mass is 32.2. The Labute approximate surface area is 165 Å². The van der Waals surface area contributed by atoms with Crippen molar-refractivity contribution < 1.29 is 26.3 Å². The van der Waals surface area contributed by atoms with Crippen LogP contribution < -0.4 is 9.46 Å². The fraction of sp³-hybridized carbons (Fsp3) is 0.158. The van der Waals surface area contributed by atoms with Gasteiger partial charge in [0.25, 0.3) is 10.0 Å². The molecule has 29 heavy (non-hydrogen) atoms. The van der Waals surface area contributed by atoms with Crippen LogP contribution in [0.25, 0.3) is 0 Å². The van der Waals surface area contributed by atoms with E-state index in [4.69, 9.17) is 4.74 Å². The second-order valence-corrected chi connectivity index (χ2v) is 7.78. The molecule has 0 aliphatic rings. The molecule has 3 rings (SSSR count). The summed E-state index contributed by atoms with van der Waals surface area (Å²) in [6.07, 6.45) is -4.55. The monoisotopic (exact) mass is 423 g/mol. The number of aryl methyl sites for hydroxylation is 2. The summed E-state index contributed by atoms with van der Waals surface area (Å²) in [5.74, 6) is 0.518. The Hall–Kier alpha value is -3.14. The minimum absolute atomic E-state index is 0.0451. The van der Waals surface area contributed by atoms with Crippen LogP contribution in [0.3, 0.4) is 0 Å². The summed E-state index contributed by atoms with van der Waals surface area (Å²) >= 11 is 0. The van der Waals surface area contributed by atoms with E-state index < -0.39 is 21.8 Å². The van der Waals surface area contributed by atoms with Gasteiger partial charge in [0, 0.05) is 0 Å². The van der Waals surface area contributed by atoms with Gasteiger partial charge in [-0.05, 0) is 50.2 Å². The van der Waals surface area contributed by atoms with E-state index >= 15 is 0 Å². The van der Waals surface area contributed by atoms with E-state index in [-0.39, 0.29) is 16.6 Å². The number of aromatic nitrogens is 2. The molecule has 0 aliphatic heterocycles. The quantitative estimate of drug-likeness (QED) is 0.643. The molecule has 0 radical (unpaired) electrons. The lowest BCUT2D eigenvalue weighted by molar-refractivity contribution is -0.137. The third kappa shape index (κ3) is 4.83. The van der Waals surface area contributed by atoms with E-state index in [0.717, 1.165) is 12.1 Å². The number of hydrogen-bond donors (Lipinski definition) is 1. The molecule has 0 atom stereocenters. The first kappa shape index (κ1) is 20.6. The second-order valence-electron chi connectivity index (χ2n) is 6.09. The molecule has 10 heteroatoms. The van der Waals surface area contributed by atoms with Crippen molar-refractivity contribution in [2.75, 3.05) is 4.72 Å². The number of hydrogen-bond acceptors (Lipinski definition) is 5. The van der Waals surface area contributed by atoms with Crippen molar-refractivity contribution >= 4 is 15.7 Å². The van der Waals surface area contributed by atoms with Crippen LogP contribution in [0.4, 0.5) is 18.9 Å².